The molecule has 23 heavy (non-hydrogen) atoms. The summed E-state index contributed by atoms with van der Waals surface area (Å²) in [5.41, 5.74) is 2.20. The Hall–Kier alpha value is -2.41. The van der Waals surface area contributed by atoms with E-state index in [1.54, 1.807) is 22.1 Å². The SMILES string of the molecule is Cn1nc(-c2cccs2)cc1CNC(=O)c1cc(C2CC2)on1. The maximum absolute atomic E-state index is 12.2. The summed E-state index contributed by atoms with van der Waals surface area (Å²) in [6.07, 6.45) is 2.24. The van der Waals surface area contributed by atoms with Crippen molar-refractivity contribution in [3.05, 3.63) is 46.8 Å². The van der Waals surface area contributed by atoms with Crippen LogP contribution in [0.4, 0.5) is 0 Å². The third kappa shape index (κ3) is 2.92. The lowest BCUT2D eigenvalue weighted by Crippen LogP contribution is -2.24. The van der Waals surface area contributed by atoms with E-state index in [2.05, 4.69) is 15.6 Å². The number of hydrogen-bond donors (Lipinski definition) is 1. The van der Waals surface area contributed by atoms with Crippen molar-refractivity contribution in [1.29, 1.82) is 0 Å². The fourth-order valence-corrected chi connectivity index (χ4v) is 3.12. The molecule has 6 nitrogen and oxygen atoms in total. The van der Waals surface area contributed by atoms with Crippen LogP contribution in [-0.4, -0.2) is 20.8 Å². The molecule has 1 aliphatic rings. The Kier molecular flexibility index (Phi) is 3.49. The van der Waals surface area contributed by atoms with Gasteiger partial charge in [0.1, 0.15) is 11.5 Å². The summed E-state index contributed by atoms with van der Waals surface area (Å²) in [4.78, 5) is 13.3. The van der Waals surface area contributed by atoms with E-state index in [1.165, 1.54) is 0 Å². The third-order valence-electron chi connectivity index (χ3n) is 3.92. The zero-order chi connectivity index (χ0) is 15.8. The van der Waals surface area contributed by atoms with Crippen molar-refractivity contribution in [2.45, 2.75) is 25.3 Å². The molecule has 3 aromatic heterocycles. The maximum atomic E-state index is 12.2. The zero-order valence-electron chi connectivity index (χ0n) is 12.7. The first-order valence-corrected chi connectivity index (χ1v) is 8.40. The first-order chi connectivity index (χ1) is 11.2. The summed E-state index contributed by atoms with van der Waals surface area (Å²) in [7, 11) is 1.87. The molecule has 0 radical (unpaired) electrons. The summed E-state index contributed by atoms with van der Waals surface area (Å²) in [6, 6.07) is 7.76. The Labute approximate surface area is 137 Å². The Morgan fingerprint density at radius 2 is 2.35 bits per heavy atom. The van der Waals surface area contributed by atoms with Crippen LogP contribution in [-0.2, 0) is 13.6 Å². The minimum absolute atomic E-state index is 0.223. The van der Waals surface area contributed by atoms with Gasteiger partial charge in [0.15, 0.2) is 5.69 Å². The second-order valence-electron chi connectivity index (χ2n) is 5.69. The van der Waals surface area contributed by atoms with Gasteiger partial charge in [0.05, 0.1) is 17.1 Å². The van der Waals surface area contributed by atoms with Gasteiger partial charge in [0, 0.05) is 19.0 Å². The van der Waals surface area contributed by atoms with Gasteiger partial charge in [0.2, 0.25) is 0 Å². The minimum Gasteiger partial charge on any atom is -0.360 e. The smallest absolute Gasteiger partial charge is 0.273 e. The molecule has 7 heteroatoms. The number of amides is 1. The van der Waals surface area contributed by atoms with Crippen LogP contribution in [0.1, 0.15) is 40.7 Å². The van der Waals surface area contributed by atoms with Gasteiger partial charge >= 0.3 is 0 Å². The van der Waals surface area contributed by atoms with Gasteiger partial charge in [0.25, 0.3) is 5.91 Å². The lowest BCUT2D eigenvalue weighted by atomic mass is 10.2. The van der Waals surface area contributed by atoms with Gasteiger partial charge < -0.3 is 9.84 Å². The van der Waals surface area contributed by atoms with E-state index in [-0.39, 0.29) is 5.91 Å². The first kappa shape index (κ1) is 14.2. The standard InChI is InChI=1S/C16H16N4O2S/c1-20-11(7-12(18-20)15-3-2-6-23-15)9-17-16(21)13-8-14(22-19-13)10-4-5-10/h2-3,6-8,10H,4-5,9H2,1H3,(H,17,21). The van der Waals surface area contributed by atoms with Crippen LogP contribution in [0.3, 0.4) is 0 Å². The van der Waals surface area contributed by atoms with Crippen molar-refractivity contribution >= 4 is 17.2 Å². The van der Waals surface area contributed by atoms with Crippen LogP contribution in [0.2, 0.25) is 0 Å². The van der Waals surface area contributed by atoms with Crippen molar-refractivity contribution in [2.24, 2.45) is 7.05 Å². The predicted octanol–water partition coefficient (Wildman–Crippen LogP) is 2.94. The molecule has 3 heterocycles. The maximum Gasteiger partial charge on any atom is 0.273 e. The quantitative estimate of drug-likeness (QED) is 0.781. The molecule has 1 fully saturated rings. The number of aromatic nitrogens is 3. The molecule has 118 valence electrons. The fourth-order valence-electron chi connectivity index (χ4n) is 2.43. The van der Waals surface area contributed by atoms with Gasteiger partial charge in [-0.25, -0.2) is 0 Å². The second-order valence-corrected chi connectivity index (χ2v) is 6.64. The highest BCUT2D eigenvalue weighted by Gasteiger charge is 2.28. The second kappa shape index (κ2) is 5.66. The normalized spacial score (nSPS) is 14.1. The van der Waals surface area contributed by atoms with Crippen LogP contribution in [0.15, 0.2) is 34.2 Å². The average molecular weight is 328 g/mol. The van der Waals surface area contributed by atoms with Crippen LogP contribution < -0.4 is 5.32 Å². The van der Waals surface area contributed by atoms with Gasteiger partial charge in [-0.3, -0.25) is 9.48 Å². The molecule has 1 N–H and O–H groups in total. The number of hydrogen-bond acceptors (Lipinski definition) is 5. The Balaban J connectivity index is 1.42. The highest BCUT2D eigenvalue weighted by Crippen LogP contribution is 2.40. The van der Waals surface area contributed by atoms with Crippen LogP contribution in [0.5, 0.6) is 0 Å². The van der Waals surface area contributed by atoms with Crippen molar-refractivity contribution in [1.82, 2.24) is 20.3 Å². The Morgan fingerprint density at radius 3 is 3.09 bits per heavy atom. The van der Waals surface area contributed by atoms with Crippen molar-refractivity contribution < 1.29 is 9.32 Å². The van der Waals surface area contributed by atoms with Crippen LogP contribution >= 0.6 is 11.3 Å². The number of carbonyl (C=O) groups excluding carboxylic acids is 1. The number of rotatable bonds is 5. The van der Waals surface area contributed by atoms with Crippen molar-refractivity contribution in [2.75, 3.05) is 0 Å². The molecule has 1 aliphatic carbocycles. The summed E-state index contributed by atoms with van der Waals surface area (Å²) in [5.74, 6) is 1.05. The molecule has 1 saturated carbocycles. The molecule has 0 unspecified atom stereocenters. The lowest BCUT2D eigenvalue weighted by molar-refractivity contribution is 0.0941. The first-order valence-electron chi connectivity index (χ1n) is 7.52. The molecule has 0 spiro atoms. The number of thiophene rings is 1. The molecule has 4 rings (SSSR count). The lowest BCUT2D eigenvalue weighted by Gasteiger charge is -2.02. The molecule has 0 aromatic carbocycles. The van der Waals surface area contributed by atoms with E-state index >= 15 is 0 Å². The van der Waals surface area contributed by atoms with Gasteiger partial charge in [-0.1, -0.05) is 11.2 Å². The number of carbonyl (C=O) groups is 1. The summed E-state index contributed by atoms with van der Waals surface area (Å²) >= 11 is 1.65. The average Bonchev–Trinajstić information content (AvgIpc) is 2.98. The van der Waals surface area contributed by atoms with Crippen molar-refractivity contribution in [3.8, 4) is 10.6 Å². The largest absolute Gasteiger partial charge is 0.360 e. The topological polar surface area (TPSA) is 73.0 Å². The highest BCUT2D eigenvalue weighted by molar-refractivity contribution is 7.13. The van der Waals surface area contributed by atoms with Gasteiger partial charge in [-0.15, -0.1) is 11.3 Å². The molecular formula is C16H16N4O2S. The fraction of sp³-hybridized carbons (Fsp3) is 0.312. The molecular weight excluding hydrogens is 312 g/mol. The van der Waals surface area contributed by atoms with E-state index < -0.39 is 0 Å². The molecule has 1 amide bonds. The van der Waals surface area contributed by atoms with Gasteiger partial charge in [-0.2, -0.15) is 5.10 Å². The third-order valence-corrected chi connectivity index (χ3v) is 4.81. The van der Waals surface area contributed by atoms with Crippen LogP contribution in [0, 0.1) is 0 Å². The van der Waals surface area contributed by atoms with Gasteiger partial charge in [-0.05, 0) is 30.4 Å². The van der Waals surface area contributed by atoms with E-state index in [9.17, 15) is 4.79 Å². The molecule has 0 atom stereocenters. The number of nitrogens with zero attached hydrogens (tertiary/aromatic N) is 3. The summed E-state index contributed by atoms with van der Waals surface area (Å²) in [6.45, 7) is 0.402. The van der Waals surface area contributed by atoms with E-state index in [0.29, 0.717) is 18.2 Å². The summed E-state index contributed by atoms with van der Waals surface area (Å²) < 4.78 is 7.00. The van der Waals surface area contributed by atoms with E-state index in [0.717, 1.165) is 34.9 Å². The minimum atomic E-state index is -0.223. The molecule has 3 aromatic rings. The number of aryl methyl sites for hydroxylation is 1. The van der Waals surface area contributed by atoms with Crippen molar-refractivity contribution in [3.63, 3.8) is 0 Å². The van der Waals surface area contributed by atoms with E-state index in [4.69, 9.17) is 4.52 Å². The van der Waals surface area contributed by atoms with E-state index in [1.807, 2.05) is 30.6 Å². The molecule has 0 saturated heterocycles. The van der Waals surface area contributed by atoms with Crippen LogP contribution in [0.25, 0.3) is 10.6 Å². The summed E-state index contributed by atoms with van der Waals surface area (Å²) in [5, 5.41) is 13.2. The zero-order valence-corrected chi connectivity index (χ0v) is 13.5. The Bertz CT molecular complexity index is 830. The monoisotopic (exact) mass is 328 g/mol. The predicted molar refractivity (Wildman–Crippen MR) is 86.2 cm³/mol. The highest BCUT2D eigenvalue weighted by atomic mass is 32.1. The number of nitrogens with one attached hydrogen (secondary N) is 1. The molecule has 0 aliphatic heterocycles. The molecule has 0 bridgehead atoms. The Morgan fingerprint density at radius 1 is 1.48 bits per heavy atom.